The van der Waals surface area contributed by atoms with Crippen LogP contribution in [0.3, 0.4) is 0 Å². The van der Waals surface area contributed by atoms with E-state index in [0.717, 1.165) is 53.8 Å². The van der Waals surface area contributed by atoms with E-state index in [1.165, 1.54) is 11.1 Å². The van der Waals surface area contributed by atoms with E-state index in [2.05, 4.69) is 70.6 Å². The van der Waals surface area contributed by atoms with Gasteiger partial charge in [-0.05, 0) is 61.2 Å². The van der Waals surface area contributed by atoms with E-state index >= 15 is 0 Å². The van der Waals surface area contributed by atoms with E-state index in [1.54, 1.807) is 18.9 Å². The van der Waals surface area contributed by atoms with Crippen LogP contribution in [0.25, 0.3) is 0 Å². The summed E-state index contributed by atoms with van der Waals surface area (Å²) in [7, 11) is 1.67. The minimum atomic E-state index is 0.0682. The smallest absolute Gasteiger partial charge is 0.318 e. The van der Waals surface area contributed by atoms with Crippen molar-refractivity contribution in [2.24, 2.45) is 0 Å². The van der Waals surface area contributed by atoms with Crippen LogP contribution in [0.2, 0.25) is 0 Å². The Morgan fingerprint density at radius 3 is 2.47 bits per heavy atom. The molecule has 5 rings (SSSR count). The van der Waals surface area contributed by atoms with Gasteiger partial charge in [-0.25, -0.2) is 9.78 Å². The Labute approximate surface area is 229 Å². The zero-order valence-electron chi connectivity index (χ0n) is 22.1. The molecule has 7 nitrogen and oxygen atoms in total. The number of hydrogen-bond acceptors (Lipinski definition) is 6. The molecule has 1 atom stereocenters. The van der Waals surface area contributed by atoms with Gasteiger partial charge in [0.25, 0.3) is 0 Å². The second-order valence-corrected chi connectivity index (χ2v) is 10.9. The van der Waals surface area contributed by atoms with Crippen LogP contribution in [-0.4, -0.2) is 66.8 Å². The van der Waals surface area contributed by atoms with Crippen molar-refractivity contribution >= 4 is 17.8 Å². The van der Waals surface area contributed by atoms with Gasteiger partial charge in [0.1, 0.15) is 17.4 Å². The molecule has 2 aliphatic heterocycles. The first kappa shape index (κ1) is 26.5. The Balaban J connectivity index is 1.14. The average Bonchev–Trinajstić information content (AvgIpc) is 3.33. The van der Waals surface area contributed by atoms with Crippen molar-refractivity contribution in [1.29, 1.82) is 0 Å². The van der Waals surface area contributed by atoms with E-state index in [0.29, 0.717) is 19.8 Å². The van der Waals surface area contributed by atoms with Crippen LogP contribution in [0.4, 0.5) is 4.79 Å². The molecule has 2 saturated heterocycles. The van der Waals surface area contributed by atoms with Crippen molar-refractivity contribution < 1.29 is 14.3 Å². The maximum absolute atomic E-state index is 12.7. The highest BCUT2D eigenvalue weighted by Gasteiger charge is 2.38. The van der Waals surface area contributed by atoms with Crippen LogP contribution in [0, 0.1) is 6.92 Å². The third kappa shape index (κ3) is 6.49. The summed E-state index contributed by atoms with van der Waals surface area (Å²) in [5, 5.41) is 4.05. The maximum Gasteiger partial charge on any atom is 0.318 e. The summed E-state index contributed by atoms with van der Waals surface area (Å²) >= 11 is 1.66. The van der Waals surface area contributed by atoms with Crippen LogP contribution >= 0.6 is 11.8 Å². The Hall–Kier alpha value is -3.07. The van der Waals surface area contributed by atoms with Gasteiger partial charge in [0.05, 0.1) is 12.6 Å². The number of rotatable bonds is 10. The number of ether oxygens (including phenoxy) is 2. The van der Waals surface area contributed by atoms with Gasteiger partial charge in [0.15, 0.2) is 0 Å². The summed E-state index contributed by atoms with van der Waals surface area (Å²) in [6.45, 7) is 6.75. The highest BCUT2D eigenvalue weighted by Crippen LogP contribution is 2.32. The van der Waals surface area contributed by atoms with Gasteiger partial charge in [-0.15, -0.1) is 0 Å². The number of likely N-dealkylation sites (tertiary alicyclic amines) is 1. The van der Waals surface area contributed by atoms with Crippen molar-refractivity contribution in [3.63, 3.8) is 0 Å². The van der Waals surface area contributed by atoms with Crippen LogP contribution in [0.15, 0.2) is 76.7 Å². The molecule has 2 amide bonds. The molecule has 0 radical (unpaired) electrons. The molecule has 38 heavy (non-hydrogen) atoms. The summed E-state index contributed by atoms with van der Waals surface area (Å²) in [6, 6.07) is 23.2. The maximum atomic E-state index is 12.7. The van der Waals surface area contributed by atoms with Crippen molar-refractivity contribution in [2.45, 2.75) is 48.3 Å². The van der Waals surface area contributed by atoms with Crippen molar-refractivity contribution in [1.82, 2.24) is 20.1 Å². The molecule has 3 aromatic rings. The fraction of sp³-hybridized carbons (Fsp3) is 0.400. The highest BCUT2D eigenvalue weighted by atomic mass is 32.2. The normalized spacial score (nSPS) is 18.5. The average molecular weight is 533 g/mol. The van der Waals surface area contributed by atoms with E-state index in [9.17, 15) is 4.79 Å². The molecule has 3 heterocycles. The van der Waals surface area contributed by atoms with Crippen LogP contribution in [0.5, 0.6) is 5.75 Å². The summed E-state index contributed by atoms with van der Waals surface area (Å²) in [4.78, 5) is 23.3. The van der Waals surface area contributed by atoms with Gasteiger partial charge in [-0.1, -0.05) is 48.2 Å². The standard InChI is InChI=1S/C30H36N4O3S/c1-22-24(8-13-29(32-22)38-27-11-9-26(10-12-27)37-19-18-36-2)21-33-16-14-25(15-17-33)34-28(20-31-30(34)35)23-6-4-3-5-7-23/h3-13,25,28H,14-21H2,1-2H3,(H,31,35)/t28-/m0/s1. The number of carbonyl (C=O) groups is 1. The highest BCUT2D eigenvalue weighted by molar-refractivity contribution is 7.99. The fourth-order valence-corrected chi connectivity index (χ4v) is 6.08. The lowest BCUT2D eigenvalue weighted by atomic mass is 9.98. The van der Waals surface area contributed by atoms with Crippen LogP contribution in [0.1, 0.15) is 35.7 Å². The largest absolute Gasteiger partial charge is 0.491 e. The number of carbonyl (C=O) groups excluding carboxylic acids is 1. The molecular weight excluding hydrogens is 496 g/mol. The van der Waals surface area contributed by atoms with Crippen molar-refractivity contribution in [3.05, 3.63) is 83.6 Å². The second kappa shape index (κ2) is 12.7. The lowest BCUT2D eigenvalue weighted by molar-refractivity contribution is 0.112. The molecule has 1 N–H and O–H groups in total. The van der Waals surface area contributed by atoms with Gasteiger partial charge in [-0.3, -0.25) is 4.90 Å². The lowest BCUT2D eigenvalue weighted by Crippen LogP contribution is -2.46. The number of amides is 2. The molecule has 2 fully saturated rings. The number of nitrogens with zero attached hydrogens (tertiary/aromatic N) is 3. The first-order valence-electron chi connectivity index (χ1n) is 13.3. The molecule has 0 unspecified atom stereocenters. The number of hydrogen-bond donors (Lipinski definition) is 1. The zero-order valence-corrected chi connectivity index (χ0v) is 23.0. The van der Waals surface area contributed by atoms with Gasteiger partial charge in [0.2, 0.25) is 0 Å². The second-order valence-electron chi connectivity index (χ2n) is 9.84. The quantitative estimate of drug-likeness (QED) is 0.358. The molecule has 0 spiro atoms. The Bertz CT molecular complexity index is 1200. The predicted octanol–water partition coefficient (Wildman–Crippen LogP) is 5.30. The fourth-order valence-electron chi connectivity index (χ4n) is 5.24. The van der Waals surface area contributed by atoms with E-state index < -0.39 is 0 Å². The van der Waals surface area contributed by atoms with Gasteiger partial charge in [0, 0.05) is 49.9 Å². The Morgan fingerprint density at radius 1 is 1.00 bits per heavy atom. The number of methoxy groups -OCH3 is 1. The Morgan fingerprint density at radius 2 is 1.76 bits per heavy atom. The third-order valence-electron chi connectivity index (χ3n) is 7.32. The number of piperidine rings is 1. The van der Waals surface area contributed by atoms with Crippen LogP contribution < -0.4 is 10.1 Å². The first-order valence-corrected chi connectivity index (χ1v) is 14.1. The minimum absolute atomic E-state index is 0.0682. The van der Waals surface area contributed by atoms with Crippen molar-refractivity contribution in [2.75, 3.05) is 40.0 Å². The topological polar surface area (TPSA) is 66.9 Å². The van der Waals surface area contributed by atoms with E-state index in [1.807, 2.05) is 18.2 Å². The van der Waals surface area contributed by atoms with Gasteiger partial charge >= 0.3 is 6.03 Å². The molecule has 0 saturated carbocycles. The Kier molecular flexibility index (Phi) is 8.83. The molecule has 2 aliphatic rings. The molecule has 0 bridgehead atoms. The summed E-state index contributed by atoms with van der Waals surface area (Å²) in [5.74, 6) is 0.843. The molecule has 0 aliphatic carbocycles. The number of aryl methyl sites for hydroxylation is 1. The molecule has 200 valence electrons. The van der Waals surface area contributed by atoms with Gasteiger partial charge < -0.3 is 19.7 Å². The third-order valence-corrected chi connectivity index (χ3v) is 8.26. The van der Waals surface area contributed by atoms with Crippen molar-refractivity contribution in [3.8, 4) is 5.75 Å². The minimum Gasteiger partial charge on any atom is -0.491 e. The molecule has 2 aromatic carbocycles. The summed E-state index contributed by atoms with van der Waals surface area (Å²) in [5.41, 5.74) is 3.54. The SMILES string of the molecule is COCCOc1ccc(Sc2ccc(CN3CCC(N4C(=O)NC[C@H]4c4ccccc4)CC3)c(C)n2)cc1. The van der Waals surface area contributed by atoms with Crippen LogP contribution in [-0.2, 0) is 11.3 Å². The molecule has 8 heteroatoms. The zero-order chi connectivity index (χ0) is 26.3. The monoisotopic (exact) mass is 532 g/mol. The number of benzene rings is 2. The lowest BCUT2D eigenvalue weighted by Gasteiger charge is -2.39. The molecular formula is C30H36N4O3S. The van der Waals surface area contributed by atoms with Gasteiger partial charge in [-0.2, -0.15) is 0 Å². The van der Waals surface area contributed by atoms with E-state index in [4.69, 9.17) is 14.5 Å². The summed E-state index contributed by atoms with van der Waals surface area (Å²) in [6.07, 6.45) is 1.98. The summed E-state index contributed by atoms with van der Waals surface area (Å²) < 4.78 is 10.7. The number of pyridine rings is 1. The number of urea groups is 1. The first-order chi connectivity index (χ1) is 18.6. The number of aromatic nitrogens is 1. The number of nitrogens with one attached hydrogen (secondary N) is 1. The predicted molar refractivity (Wildman–Crippen MR) is 150 cm³/mol. The molecule has 1 aromatic heterocycles. The van der Waals surface area contributed by atoms with E-state index in [-0.39, 0.29) is 18.1 Å².